The van der Waals surface area contributed by atoms with Gasteiger partial charge < -0.3 is 14.0 Å². The average molecular weight is 1020 g/mol. The molecular formula is C57H57IrN3OSi-2. The number of hydrogen-bond donors (Lipinski definition) is 0. The molecule has 0 spiro atoms. The molecule has 0 saturated carbocycles. The Morgan fingerprint density at radius 2 is 1.38 bits per heavy atom. The molecular weight excluding hydrogens is 963 g/mol. The van der Waals surface area contributed by atoms with E-state index in [1.165, 1.54) is 44.1 Å². The van der Waals surface area contributed by atoms with E-state index in [-0.39, 0.29) is 25.5 Å². The van der Waals surface area contributed by atoms with Crippen LogP contribution in [0.25, 0.3) is 72.6 Å². The summed E-state index contributed by atoms with van der Waals surface area (Å²) in [5, 5.41) is 2.49. The van der Waals surface area contributed by atoms with E-state index in [4.69, 9.17) is 9.40 Å². The summed E-state index contributed by atoms with van der Waals surface area (Å²) >= 11 is 0. The van der Waals surface area contributed by atoms with Gasteiger partial charge in [-0.2, -0.15) is 0 Å². The molecule has 3 aromatic heterocycles. The zero-order chi connectivity index (χ0) is 43.8. The van der Waals surface area contributed by atoms with Crippen molar-refractivity contribution in [1.29, 1.82) is 0 Å². The van der Waals surface area contributed by atoms with Gasteiger partial charge in [0.1, 0.15) is 0 Å². The number of imidazole rings is 1. The van der Waals surface area contributed by atoms with E-state index < -0.39 is 8.07 Å². The molecule has 9 aromatic rings. The molecule has 0 aliphatic rings. The number of para-hydroxylation sites is 2. The minimum absolute atomic E-state index is 0. The van der Waals surface area contributed by atoms with Crippen LogP contribution in [0.5, 0.6) is 0 Å². The molecule has 0 amide bonds. The summed E-state index contributed by atoms with van der Waals surface area (Å²) in [4.78, 5) is 9.76. The zero-order valence-electron chi connectivity index (χ0n) is 38.2. The molecule has 0 aliphatic heterocycles. The third-order valence-electron chi connectivity index (χ3n) is 11.7. The number of aromatic nitrogens is 3. The standard InChI is InChI=1S/C39H33N2O.C18H24NSi.Ir/c1-25-9-8-10-26(2)37(25)29-17-22-32-33(24-42-36(32)23-29)38-40-34-11-6-7-12-35(34)41(38)31-20-15-28(16-21-31)27-13-18-30(19-14-27)39(3,4)5;1-14(2)11-16-12-17(15-9-7-6-8-10-15)19-13-18(16)20(3,4)5;/h6-23H,1-5H3;6-9,12-14H,11H2,1-5H3;/q2*-1;. The molecule has 0 aliphatic carbocycles. The van der Waals surface area contributed by atoms with Gasteiger partial charge in [-0.05, 0) is 106 Å². The van der Waals surface area contributed by atoms with E-state index in [1.807, 2.05) is 24.3 Å². The minimum atomic E-state index is -1.34. The van der Waals surface area contributed by atoms with Crippen molar-refractivity contribution in [3.8, 4) is 50.6 Å². The fourth-order valence-electron chi connectivity index (χ4n) is 8.47. The van der Waals surface area contributed by atoms with Gasteiger partial charge in [-0.3, -0.25) is 4.98 Å². The van der Waals surface area contributed by atoms with Gasteiger partial charge in [0.05, 0.1) is 24.9 Å². The van der Waals surface area contributed by atoms with Gasteiger partial charge in [0, 0.05) is 43.8 Å². The predicted molar refractivity (Wildman–Crippen MR) is 264 cm³/mol. The predicted octanol–water partition coefficient (Wildman–Crippen LogP) is 14.8. The van der Waals surface area contributed by atoms with Crippen molar-refractivity contribution in [3.05, 3.63) is 180 Å². The summed E-state index contributed by atoms with van der Waals surface area (Å²) in [6.07, 6.45) is 6.44. The quantitative estimate of drug-likeness (QED) is 0.113. The maximum Gasteiger partial charge on any atom is 0.0798 e. The van der Waals surface area contributed by atoms with E-state index in [0.29, 0.717) is 5.92 Å². The summed E-state index contributed by atoms with van der Waals surface area (Å²) in [6.45, 7) is 22.8. The Bertz CT molecular complexity index is 2960. The number of rotatable bonds is 8. The van der Waals surface area contributed by atoms with Crippen LogP contribution in [-0.2, 0) is 31.9 Å². The molecule has 0 bridgehead atoms. The number of pyridine rings is 1. The summed E-state index contributed by atoms with van der Waals surface area (Å²) in [7, 11) is -1.34. The van der Waals surface area contributed by atoms with Crippen molar-refractivity contribution in [1.82, 2.24) is 14.5 Å². The van der Waals surface area contributed by atoms with Gasteiger partial charge in [-0.25, -0.2) is 0 Å². The van der Waals surface area contributed by atoms with Gasteiger partial charge in [0.25, 0.3) is 0 Å². The Morgan fingerprint density at radius 3 is 2.02 bits per heavy atom. The first-order chi connectivity index (χ1) is 29.7. The molecule has 0 fully saturated rings. The van der Waals surface area contributed by atoms with Crippen LogP contribution in [0.15, 0.2) is 150 Å². The van der Waals surface area contributed by atoms with Crippen LogP contribution in [0.3, 0.4) is 0 Å². The van der Waals surface area contributed by atoms with Crippen LogP contribution in [0, 0.1) is 32.1 Å². The summed E-state index contributed by atoms with van der Waals surface area (Å²) in [5.41, 5.74) is 17.0. The average Bonchev–Trinajstić information content (AvgIpc) is 3.85. The Labute approximate surface area is 388 Å². The van der Waals surface area contributed by atoms with Gasteiger partial charge in [0.15, 0.2) is 0 Å². The van der Waals surface area contributed by atoms with Gasteiger partial charge >= 0.3 is 0 Å². The van der Waals surface area contributed by atoms with E-state index in [2.05, 4.69) is 211 Å². The Kier molecular flexibility index (Phi) is 13.4. The second-order valence-corrected chi connectivity index (χ2v) is 24.1. The van der Waals surface area contributed by atoms with Crippen LogP contribution >= 0.6 is 0 Å². The van der Waals surface area contributed by atoms with Gasteiger partial charge in [-0.15, -0.1) is 42.0 Å². The second kappa shape index (κ2) is 18.6. The second-order valence-electron chi connectivity index (χ2n) is 19.0. The maximum atomic E-state index is 6.06. The number of benzene rings is 6. The molecule has 3 heterocycles. The molecule has 0 N–H and O–H groups in total. The number of aryl methyl sites for hydroxylation is 2. The fourth-order valence-corrected chi connectivity index (χ4v) is 10.1. The monoisotopic (exact) mass is 1020 g/mol. The van der Waals surface area contributed by atoms with E-state index in [9.17, 15) is 0 Å². The van der Waals surface area contributed by atoms with Crippen LogP contribution in [0.2, 0.25) is 19.6 Å². The third kappa shape index (κ3) is 9.80. The summed E-state index contributed by atoms with van der Waals surface area (Å²) in [6, 6.07) is 52.3. The van der Waals surface area contributed by atoms with Crippen LogP contribution in [-0.4, -0.2) is 22.6 Å². The van der Waals surface area contributed by atoms with Crippen molar-refractivity contribution >= 4 is 35.3 Å². The number of nitrogens with zero attached hydrogens (tertiary/aromatic N) is 3. The normalized spacial score (nSPS) is 11.7. The molecule has 6 heteroatoms. The first-order valence-corrected chi connectivity index (χ1v) is 25.3. The molecule has 9 rings (SSSR count). The molecule has 321 valence electrons. The van der Waals surface area contributed by atoms with Crippen molar-refractivity contribution < 1.29 is 24.5 Å². The molecule has 0 unspecified atom stereocenters. The van der Waals surface area contributed by atoms with Gasteiger partial charge in [0.2, 0.25) is 0 Å². The zero-order valence-corrected chi connectivity index (χ0v) is 41.6. The van der Waals surface area contributed by atoms with Gasteiger partial charge in [-0.1, -0.05) is 156 Å². The number of hydrogen-bond acceptors (Lipinski definition) is 3. The molecule has 0 saturated heterocycles. The SMILES string of the molecule is CC(C)Cc1cc(-c2[c-]cccc2)ncc1[Si](C)(C)C.Cc1cccc(C)c1-c1ccc2c(-c3nc4ccccc4n3-c3ccc(-c4ccc(C(C)(C)C)cc4)cc3)[c-]oc2c1.[Ir]. The van der Waals surface area contributed by atoms with Crippen molar-refractivity contribution in [2.45, 2.75) is 79.9 Å². The Hall–Kier alpha value is -5.65. The van der Waals surface area contributed by atoms with Crippen LogP contribution < -0.4 is 5.19 Å². The summed E-state index contributed by atoms with van der Waals surface area (Å²) < 4.78 is 8.27. The van der Waals surface area contributed by atoms with E-state index in [1.54, 1.807) is 0 Å². The maximum absolute atomic E-state index is 6.06. The first kappa shape index (κ1) is 45.4. The molecule has 63 heavy (non-hydrogen) atoms. The summed E-state index contributed by atoms with van der Waals surface area (Å²) in [5.74, 6) is 1.48. The van der Waals surface area contributed by atoms with Crippen LogP contribution in [0.1, 0.15) is 56.9 Å². The van der Waals surface area contributed by atoms with E-state index >= 15 is 0 Å². The van der Waals surface area contributed by atoms with Crippen molar-refractivity contribution in [3.63, 3.8) is 0 Å². The fraction of sp³-hybridized carbons (Fsp3) is 0.228. The number of furan rings is 1. The molecule has 6 aromatic carbocycles. The van der Waals surface area contributed by atoms with Crippen LogP contribution in [0.4, 0.5) is 0 Å². The molecule has 4 nitrogen and oxygen atoms in total. The Balaban J connectivity index is 0.000000239. The number of fused-ring (bicyclic) bond motifs is 2. The third-order valence-corrected chi connectivity index (χ3v) is 13.8. The Morgan fingerprint density at radius 1 is 0.730 bits per heavy atom. The largest absolute Gasteiger partial charge is 0.557 e. The minimum Gasteiger partial charge on any atom is -0.557 e. The van der Waals surface area contributed by atoms with E-state index in [0.717, 1.165) is 62.3 Å². The smallest absolute Gasteiger partial charge is 0.0798 e. The van der Waals surface area contributed by atoms with Crippen molar-refractivity contribution in [2.24, 2.45) is 5.92 Å². The molecule has 1 radical (unpaired) electrons. The van der Waals surface area contributed by atoms with Crippen molar-refractivity contribution in [2.75, 3.05) is 0 Å². The first-order valence-electron chi connectivity index (χ1n) is 21.8. The topological polar surface area (TPSA) is 43.9 Å². The molecule has 0 atom stereocenters.